The molecule has 76 valence electrons. The van der Waals surface area contributed by atoms with E-state index in [2.05, 4.69) is 4.98 Å². The van der Waals surface area contributed by atoms with Crippen molar-refractivity contribution in [3.63, 3.8) is 0 Å². The summed E-state index contributed by atoms with van der Waals surface area (Å²) in [5, 5.41) is 0.253. The van der Waals surface area contributed by atoms with Crippen LogP contribution in [-0.2, 0) is 4.74 Å². The van der Waals surface area contributed by atoms with Crippen LogP contribution in [0.3, 0.4) is 0 Å². The van der Waals surface area contributed by atoms with Crippen molar-refractivity contribution in [2.24, 2.45) is 0 Å². The second-order valence-electron chi connectivity index (χ2n) is 3.05. The molecule has 0 fully saturated rings. The summed E-state index contributed by atoms with van der Waals surface area (Å²) in [6.45, 7) is 3.54. The molecule has 0 aliphatic heterocycles. The van der Waals surface area contributed by atoms with Crippen LogP contribution in [0.25, 0.3) is 0 Å². The molecule has 0 radical (unpaired) electrons. The molecule has 0 atom stereocenters. The number of ether oxygens (including phenoxy) is 1. The monoisotopic (exact) mass is 214 g/mol. The fourth-order valence-electron chi connectivity index (χ4n) is 0.842. The molecule has 1 heterocycles. The van der Waals surface area contributed by atoms with E-state index in [9.17, 15) is 4.79 Å². The van der Waals surface area contributed by atoms with Crippen LogP contribution in [0.5, 0.6) is 0 Å². The van der Waals surface area contributed by atoms with Gasteiger partial charge in [0, 0.05) is 6.20 Å². The minimum Gasteiger partial charge on any atom is -0.459 e. The Morgan fingerprint density at radius 3 is 2.79 bits per heavy atom. The van der Waals surface area contributed by atoms with Gasteiger partial charge in [-0.05, 0) is 19.9 Å². The molecule has 0 saturated carbocycles. The Hall–Kier alpha value is -1.29. The molecule has 1 aromatic heterocycles. The molecule has 0 aromatic carbocycles. The smallest absolute Gasteiger partial charge is 0.340 e. The molecule has 2 N–H and O–H groups in total. The molecule has 0 aliphatic rings. The Kier molecular flexibility index (Phi) is 3.30. The van der Waals surface area contributed by atoms with E-state index in [1.165, 1.54) is 12.3 Å². The van der Waals surface area contributed by atoms with E-state index in [1.54, 1.807) is 13.8 Å². The minimum atomic E-state index is -0.450. The lowest BCUT2D eigenvalue weighted by molar-refractivity contribution is 0.0377. The number of nitrogen functional groups attached to an aromatic ring is 1. The van der Waals surface area contributed by atoms with Gasteiger partial charge in [-0.3, -0.25) is 0 Å². The third kappa shape index (κ3) is 2.60. The number of esters is 1. The second kappa shape index (κ2) is 4.28. The highest BCUT2D eigenvalue weighted by molar-refractivity contribution is 6.33. The van der Waals surface area contributed by atoms with Crippen molar-refractivity contribution in [3.05, 3.63) is 22.8 Å². The number of rotatable bonds is 2. The number of aromatic nitrogens is 1. The number of halogens is 1. The first-order chi connectivity index (χ1) is 6.50. The van der Waals surface area contributed by atoms with Crippen molar-refractivity contribution in [3.8, 4) is 0 Å². The van der Waals surface area contributed by atoms with E-state index in [4.69, 9.17) is 22.1 Å². The van der Waals surface area contributed by atoms with Gasteiger partial charge in [-0.25, -0.2) is 9.78 Å². The number of carbonyl (C=O) groups is 1. The Labute approximate surface area is 87.0 Å². The minimum absolute atomic E-state index is 0.168. The summed E-state index contributed by atoms with van der Waals surface area (Å²) in [4.78, 5) is 15.1. The third-order valence-electron chi connectivity index (χ3n) is 1.45. The van der Waals surface area contributed by atoms with Crippen molar-refractivity contribution < 1.29 is 9.53 Å². The van der Waals surface area contributed by atoms with Gasteiger partial charge >= 0.3 is 5.97 Å². The maximum absolute atomic E-state index is 11.4. The van der Waals surface area contributed by atoms with Gasteiger partial charge in [0.05, 0.1) is 16.7 Å². The van der Waals surface area contributed by atoms with E-state index in [0.717, 1.165) is 0 Å². The van der Waals surface area contributed by atoms with Crippen molar-refractivity contribution in [1.82, 2.24) is 4.98 Å². The molecule has 4 nitrogen and oxygen atoms in total. The maximum atomic E-state index is 11.4. The average molecular weight is 215 g/mol. The molecule has 14 heavy (non-hydrogen) atoms. The lowest BCUT2D eigenvalue weighted by Crippen LogP contribution is -2.12. The highest BCUT2D eigenvalue weighted by Gasteiger charge is 2.11. The molecular weight excluding hydrogens is 204 g/mol. The summed E-state index contributed by atoms with van der Waals surface area (Å²) in [6, 6.07) is 1.44. The summed E-state index contributed by atoms with van der Waals surface area (Å²) in [5.74, 6) is -0.248. The molecule has 0 bridgehead atoms. The largest absolute Gasteiger partial charge is 0.459 e. The van der Waals surface area contributed by atoms with Crippen molar-refractivity contribution >= 4 is 23.4 Å². The molecule has 0 unspecified atom stereocenters. The zero-order valence-electron chi connectivity index (χ0n) is 7.95. The Morgan fingerprint density at radius 1 is 1.64 bits per heavy atom. The number of nitrogens with zero attached hydrogens (tertiary/aromatic N) is 1. The normalized spacial score (nSPS) is 10.3. The van der Waals surface area contributed by atoms with Gasteiger partial charge in [-0.15, -0.1) is 0 Å². The molecule has 0 saturated heterocycles. The Morgan fingerprint density at radius 2 is 2.29 bits per heavy atom. The zero-order valence-corrected chi connectivity index (χ0v) is 8.71. The van der Waals surface area contributed by atoms with Gasteiger partial charge in [0.25, 0.3) is 0 Å². The lowest BCUT2D eigenvalue weighted by Gasteiger charge is -2.07. The number of anilines is 1. The van der Waals surface area contributed by atoms with E-state index in [0.29, 0.717) is 5.56 Å². The van der Waals surface area contributed by atoms with Gasteiger partial charge in [0.1, 0.15) is 5.82 Å². The van der Waals surface area contributed by atoms with Crippen molar-refractivity contribution in [1.29, 1.82) is 0 Å². The SMILES string of the molecule is CC(C)OC(=O)c1cnc(N)c(Cl)c1. The van der Waals surface area contributed by atoms with Gasteiger partial charge in [-0.2, -0.15) is 0 Å². The summed E-state index contributed by atoms with van der Waals surface area (Å²) < 4.78 is 4.95. The highest BCUT2D eigenvalue weighted by Crippen LogP contribution is 2.17. The molecule has 5 heteroatoms. The van der Waals surface area contributed by atoms with E-state index in [1.807, 2.05) is 0 Å². The average Bonchev–Trinajstić information content (AvgIpc) is 2.08. The van der Waals surface area contributed by atoms with Crippen molar-refractivity contribution in [2.45, 2.75) is 20.0 Å². The highest BCUT2D eigenvalue weighted by atomic mass is 35.5. The van der Waals surface area contributed by atoms with Crippen LogP contribution < -0.4 is 5.73 Å². The molecular formula is C9H11ClN2O2. The first kappa shape index (κ1) is 10.8. The predicted molar refractivity (Wildman–Crippen MR) is 54.2 cm³/mol. The fourth-order valence-corrected chi connectivity index (χ4v) is 1.01. The van der Waals surface area contributed by atoms with Gasteiger partial charge in [0.2, 0.25) is 0 Å². The summed E-state index contributed by atoms with van der Waals surface area (Å²) in [6.07, 6.45) is 1.17. The lowest BCUT2D eigenvalue weighted by atomic mass is 10.3. The number of nitrogens with two attached hydrogens (primary N) is 1. The summed E-state index contributed by atoms with van der Waals surface area (Å²) in [5.41, 5.74) is 5.70. The fraction of sp³-hybridized carbons (Fsp3) is 0.333. The van der Waals surface area contributed by atoms with Gasteiger partial charge < -0.3 is 10.5 Å². The first-order valence-electron chi connectivity index (χ1n) is 4.12. The maximum Gasteiger partial charge on any atom is 0.340 e. The van der Waals surface area contributed by atoms with Crippen LogP contribution >= 0.6 is 11.6 Å². The standard InChI is InChI=1S/C9H11ClN2O2/c1-5(2)14-9(13)6-3-7(10)8(11)12-4-6/h3-5H,1-2H3,(H2,11,12). The molecule has 1 rings (SSSR count). The summed E-state index contributed by atoms with van der Waals surface area (Å²) >= 11 is 5.70. The number of hydrogen-bond acceptors (Lipinski definition) is 4. The zero-order chi connectivity index (χ0) is 10.7. The predicted octanol–water partition coefficient (Wildman–Crippen LogP) is 1.88. The van der Waals surface area contributed by atoms with Gasteiger partial charge in [0.15, 0.2) is 0 Å². The quantitative estimate of drug-likeness (QED) is 0.764. The number of hydrogen-bond donors (Lipinski definition) is 1. The molecule has 1 aromatic rings. The van der Waals surface area contributed by atoms with E-state index in [-0.39, 0.29) is 16.9 Å². The molecule has 0 aliphatic carbocycles. The van der Waals surface area contributed by atoms with Crippen LogP contribution in [0, 0.1) is 0 Å². The number of pyridine rings is 1. The van der Waals surface area contributed by atoms with Crippen LogP contribution in [-0.4, -0.2) is 17.1 Å². The van der Waals surface area contributed by atoms with Gasteiger partial charge in [-0.1, -0.05) is 11.6 Å². The number of carbonyl (C=O) groups excluding carboxylic acids is 1. The van der Waals surface area contributed by atoms with Crippen LogP contribution in [0.4, 0.5) is 5.82 Å². The van der Waals surface area contributed by atoms with E-state index < -0.39 is 5.97 Å². The Balaban J connectivity index is 2.86. The van der Waals surface area contributed by atoms with E-state index >= 15 is 0 Å². The first-order valence-corrected chi connectivity index (χ1v) is 4.50. The Bertz CT molecular complexity index is 353. The third-order valence-corrected chi connectivity index (χ3v) is 1.75. The topological polar surface area (TPSA) is 65.2 Å². The summed E-state index contributed by atoms with van der Waals surface area (Å²) in [7, 11) is 0. The van der Waals surface area contributed by atoms with Crippen LogP contribution in [0.2, 0.25) is 5.02 Å². The second-order valence-corrected chi connectivity index (χ2v) is 3.45. The van der Waals surface area contributed by atoms with Crippen molar-refractivity contribution in [2.75, 3.05) is 5.73 Å². The molecule has 0 amide bonds. The molecule has 0 spiro atoms. The van der Waals surface area contributed by atoms with Crippen LogP contribution in [0.15, 0.2) is 12.3 Å². The van der Waals surface area contributed by atoms with Crippen LogP contribution in [0.1, 0.15) is 24.2 Å².